The lowest BCUT2D eigenvalue weighted by atomic mass is 9.81. The first kappa shape index (κ1) is 24.9. The molecule has 0 aliphatic rings. The number of rotatable bonds is 7. The van der Waals surface area contributed by atoms with Crippen molar-refractivity contribution in [3.8, 4) is 0 Å². The summed E-state index contributed by atoms with van der Waals surface area (Å²) >= 11 is 11.6. The van der Waals surface area contributed by atoms with Crippen molar-refractivity contribution in [3.63, 3.8) is 0 Å². The molecule has 7 heteroatoms. The molecule has 0 aromatic heterocycles. The molecule has 4 N–H and O–H groups in total. The number of carboxylic acid groups (broad SMARTS) is 1. The molecule has 0 aliphatic heterocycles. The number of hydrogen-bond donors (Lipinski definition) is 2. The molecule has 0 spiro atoms. The molecule has 0 bridgehead atoms. The molecular weight excluding hydrogens is 437 g/mol. The molecule has 3 rings (SSSR count). The van der Waals surface area contributed by atoms with Crippen molar-refractivity contribution in [3.05, 3.63) is 107 Å². The Morgan fingerprint density at radius 2 is 1.45 bits per heavy atom. The first-order valence-corrected chi connectivity index (χ1v) is 10.4. The zero-order valence-corrected chi connectivity index (χ0v) is 18.6. The van der Waals surface area contributed by atoms with E-state index in [9.17, 15) is 15.0 Å². The van der Waals surface area contributed by atoms with E-state index in [0.29, 0.717) is 17.7 Å². The molecule has 3 aromatic carbocycles. The van der Waals surface area contributed by atoms with E-state index in [2.05, 4.69) is 5.73 Å². The number of carbonyl (C=O) groups excluding carboxylic acids is 1. The van der Waals surface area contributed by atoms with Crippen molar-refractivity contribution >= 4 is 29.2 Å². The molecule has 164 valence electrons. The van der Waals surface area contributed by atoms with Gasteiger partial charge in [0.1, 0.15) is 17.1 Å². The van der Waals surface area contributed by atoms with E-state index in [0.717, 1.165) is 10.6 Å². The van der Waals surface area contributed by atoms with Crippen LogP contribution in [0.15, 0.2) is 84.9 Å². The van der Waals surface area contributed by atoms with Crippen LogP contribution in [0.25, 0.3) is 0 Å². The Balaban J connectivity index is 0.000000262. The molecule has 31 heavy (non-hydrogen) atoms. The SMILES string of the molecule is COC(c1ccccc1)(c1ccccc1)[C@H](O)C(=O)[O-].[NH3+]C[C@H](Cl)c1ccc(Cl)cc1. The van der Waals surface area contributed by atoms with Crippen LogP contribution < -0.4 is 10.8 Å². The second-order valence-electron chi connectivity index (χ2n) is 6.70. The molecular formula is C24H25Cl2NO4. The summed E-state index contributed by atoms with van der Waals surface area (Å²) in [4.78, 5) is 11.2. The summed E-state index contributed by atoms with van der Waals surface area (Å²) in [6.07, 6.45) is -1.82. The molecule has 0 heterocycles. The number of benzene rings is 3. The number of aliphatic hydroxyl groups is 1. The quantitative estimate of drug-likeness (QED) is 0.528. The van der Waals surface area contributed by atoms with E-state index in [-0.39, 0.29) is 5.38 Å². The molecule has 0 radical (unpaired) electrons. The Morgan fingerprint density at radius 1 is 1.00 bits per heavy atom. The van der Waals surface area contributed by atoms with E-state index in [1.54, 1.807) is 60.7 Å². The number of aliphatic carboxylic acids is 1. The summed E-state index contributed by atoms with van der Waals surface area (Å²) in [7, 11) is 1.37. The van der Waals surface area contributed by atoms with Gasteiger partial charge < -0.3 is 25.5 Å². The average molecular weight is 462 g/mol. The summed E-state index contributed by atoms with van der Waals surface area (Å²) in [6.45, 7) is 0.698. The average Bonchev–Trinajstić information content (AvgIpc) is 2.81. The highest BCUT2D eigenvalue weighted by molar-refractivity contribution is 6.30. The van der Waals surface area contributed by atoms with Crippen molar-refractivity contribution in [1.82, 2.24) is 0 Å². The van der Waals surface area contributed by atoms with Crippen molar-refractivity contribution in [2.45, 2.75) is 17.1 Å². The minimum Gasteiger partial charge on any atom is -0.547 e. The van der Waals surface area contributed by atoms with Crippen molar-refractivity contribution in [1.29, 1.82) is 0 Å². The van der Waals surface area contributed by atoms with Crippen LogP contribution in [-0.4, -0.2) is 30.8 Å². The van der Waals surface area contributed by atoms with Crippen LogP contribution in [0.2, 0.25) is 5.02 Å². The van der Waals surface area contributed by atoms with Crippen molar-refractivity contribution in [2.24, 2.45) is 0 Å². The smallest absolute Gasteiger partial charge is 0.149 e. The highest BCUT2D eigenvalue weighted by Gasteiger charge is 2.42. The number of alkyl halides is 1. The number of methoxy groups -OCH3 is 1. The van der Waals surface area contributed by atoms with E-state index >= 15 is 0 Å². The molecule has 0 amide bonds. The fourth-order valence-electron chi connectivity index (χ4n) is 3.21. The van der Waals surface area contributed by atoms with Crippen LogP contribution in [0.1, 0.15) is 22.1 Å². The molecule has 0 aliphatic carbocycles. The van der Waals surface area contributed by atoms with Crippen LogP contribution in [0.3, 0.4) is 0 Å². The van der Waals surface area contributed by atoms with Crippen molar-refractivity contribution in [2.75, 3.05) is 13.7 Å². The Hall–Kier alpha value is -2.41. The maximum absolute atomic E-state index is 11.2. The predicted octanol–water partition coefficient (Wildman–Crippen LogP) is 2.55. The lowest BCUT2D eigenvalue weighted by Crippen LogP contribution is -2.52. The lowest BCUT2D eigenvalue weighted by molar-refractivity contribution is -0.367. The van der Waals surface area contributed by atoms with Gasteiger partial charge in [0.15, 0.2) is 0 Å². The summed E-state index contributed by atoms with van der Waals surface area (Å²) < 4.78 is 5.46. The molecule has 5 nitrogen and oxygen atoms in total. The van der Waals surface area contributed by atoms with Gasteiger partial charge in [-0.1, -0.05) is 84.4 Å². The minimum absolute atomic E-state index is 0.00673. The molecule has 2 atom stereocenters. The maximum Gasteiger partial charge on any atom is 0.149 e. The molecule has 0 saturated heterocycles. The highest BCUT2D eigenvalue weighted by atomic mass is 35.5. The van der Waals surface area contributed by atoms with Gasteiger partial charge >= 0.3 is 0 Å². The third-order valence-corrected chi connectivity index (χ3v) is 5.54. The second-order valence-corrected chi connectivity index (χ2v) is 7.66. The van der Waals surface area contributed by atoms with E-state index in [1.165, 1.54) is 7.11 Å². The number of carbonyl (C=O) groups is 1. The fourth-order valence-corrected chi connectivity index (χ4v) is 3.48. The molecule has 0 fully saturated rings. The maximum atomic E-state index is 11.2. The number of aliphatic hydroxyl groups excluding tert-OH is 1. The van der Waals surface area contributed by atoms with Crippen LogP contribution >= 0.6 is 23.2 Å². The Kier molecular flexibility index (Phi) is 9.49. The van der Waals surface area contributed by atoms with E-state index in [4.69, 9.17) is 27.9 Å². The number of ether oxygens (including phenoxy) is 1. The van der Waals surface area contributed by atoms with Gasteiger partial charge in [-0.2, -0.15) is 0 Å². The van der Waals surface area contributed by atoms with E-state index in [1.807, 2.05) is 24.3 Å². The largest absolute Gasteiger partial charge is 0.547 e. The van der Waals surface area contributed by atoms with Gasteiger partial charge in [-0.3, -0.25) is 0 Å². The van der Waals surface area contributed by atoms with Gasteiger partial charge in [-0.05, 0) is 28.8 Å². The zero-order valence-electron chi connectivity index (χ0n) is 17.1. The van der Waals surface area contributed by atoms with E-state index < -0.39 is 17.7 Å². The number of halogens is 2. The number of hydrogen-bond acceptors (Lipinski definition) is 4. The van der Waals surface area contributed by atoms with Crippen molar-refractivity contribution < 1.29 is 25.5 Å². The van der Waals surface area contributed by atoms with Gasteiger partial charge in [0.2, 0.25) is 0 Å². The number of carboxylic acids is 1. The van der Waals surface area contributed by atoms with Crippen LogP contribution in [-0.2, 0) is 15.1 Å². The van der Waals surface area contributed by atoms with Gasteiger partial charge in [0.25, 0.3) is 0 Å². The van der Waals surface area contributed by atoms with Gasteiger partial charge in [-0.15, -0.1) is 11.6 Å². The van der Waals surface area contributed by atoms with Gasteiger partial charge in [0.05, 0.1) is 12.5 Å². The summed E-state index contributed by atoms with van der Waals surface area (Å²) in [5.41, 5.74) is 4.39. The van der Waals surface area contributed by atoms with Gasteiger partial charge in [-0.25, -0.2) is 0 Å². The second kappa shape index (κ2) is 11.8. The van der Waals surface area contributed by atoms with Crippen LogP contribution in [0.4, 0.5) is 0 Å². The van der Waals surface area contributed by atoms with Crippen LogP contribution in [0, 0.1) is 0 Å². The monoisotopic (exact) mass is 461 g/mol. The third-order valence-electron chi connectivity index (χ3n) is 4.82. The summed E-state index contributed by atoms with van der Waals surface area (Å²) in [6, 6.07) is 25.0. The first-order valence-electron chi connectivity index (χ1n) is 9.60. The zero-order chi connectivity index (χ0) is 22.9. The fraction of sp³-hybridized carbons (Fsp3) is 0.208. The number of quaternary nitrogens is 1. The van der Waals surface area contributed by atoms with Gasteiger partial charge in [0, 0.05) is 12.1 Å². The Bertz CT molecular complexity index is 897. The first-order chi connectivity index (χ1) is 14.9. The standard InChI is InChI=1S/C16H16O4.C8H9Cl2N/c1-20-16(14(17)15(18)19,12-8-4-2-5-9-12)13-10-6-3-7-11-13;9-7-3-1-6(2-4-7)8(10)5-11/h2-11,14,17H,1H3,(H,18,19);1-4,8H,5,11H2/t14-;8-/m10/s1. The topological polar surface area (TPSA) is 97.2 Å². The summed E-state index contributed by atoms with van der Waals surface area (Å²) in [5.74, 6) is -1.58. The minimum atomic E-state index is -1.82. The highest BCUT2D eigenvalue weighted by Crippen LogP contribution is 2.36. The Labute approximate surface area is 192 Å². The lowest BCUT2D eigenvalue weighted by Gasteiger charge is -2.38. The molecule has 0 saturated carbocycles. The summed E-state index contributed by atoms with van der Waals surface area (Å²) in [5, 5.41) is 22.1. The predicted molar refractivity (Wildman–Crippen MR) is 119 cm³/mol. The third kappa shape index (κ3) is 6.06. The Morgan fingerprint density at radius 3 is 1.81 bits per heavy atom. The molecule has 3 aromatic rings. The normalized spacial score (nSPS) is 12.9. The molecule has 0 unspecified atom stereocenters. The van der Waals surface area contributed by atoms with Crippen LogP contribution in [0.5, 0.6) is 0 Å².